The molecule has 3 nitrogen and oxygen atoms in total. The third kappa shape index (κ3) is 1.88. The van der Waals surface area contributed by atoms with Crippen molar-refractivity contribution in [3.63, 3.8) is 0 Å². The van der Waals surface area contributed by atoms with Crippen LogP contribution in [0, 0.1) is 5.41 Å². The van der Waals surface area contributed by atoms with Gasteiger partial charge in [0.2, 0.25) is 0 Å². The maximum atomic E-state index is 4.78. The van der Waals surface area contributed by atoms with Crippen LogP contribution in [0.2, 0.25) is 0 Å². The van der Waals surface area contributed by atoms with Gasteiger partial charge in [0.25, 0.3) is 0 Å². The second-order valence-electron chi connectivity index (χ2n) is 6.10. The molecule has 1 saturated carbocycles. The molecule has 1 aliphatic carbocycles. The van der Waals surface area contributed by atoms with Gasteiger partial charge in [-0.15, -0.1) is 0 Å². The number of aromatic nitrogens is 2. The summed E-state index contributed by atoms with van der Waals surface area (Å²) in [7, 11) is 0. The van der Waals surface area contributed by atoms with Crippen LogP contribution in [0.3, 0.4) is 0 Å². The zero-order valence-electron chi connectivity index (χ0n) is 11.2. The average Bonchev–Trinajstić information content (AvgIpc) is 3.09. The summed E-state index contributed by atoms with van der Waals surface area (Å²) in [6, 6.07) is 8.12. The quantitative estimate of drug-likeness (QED) is 0.780. The Balaban J connectivity index is 1.64. The van der Waals surface area contributed by atoms with Crippen LogP contribution < -0.4 is 4.90 Å². The number of nitrogens with zero attached hydrogens (tertiary/aromatic N) is 3. The van der Waals surface area contributed by atoms with Crippen LogP contribution in [0.5, 0.6) is 0 Å². The molecule has 3 heteroatoms. The number of para-hydroxylation sites is 2. The summed E-state index contributed by atoms with van der Waals surface area (Å²) in [5.41, 5.74) is 2.58. The minimum Gasteiger partial charge on any atom is -0.355 e. The lowest BCUT2D eigenvalue weighted by atomic mass is 9.86. The van der Waals surface area contributed by atoms with Gasteiger partial charge in [0.05, 0.1) is 17.2 Å². The van der Waals surface area contributed by atoms with E-state index in [9.17, 15) is 0 Å². The van der Waals surface area contributed by atoms with Gasteiger partial charge in [-0.1, -0.05) is 25.0 Å². The smallest absolute Gasteiger partial charge is 0.147 e. The molecule has 1 saturated heterocycles. The first-order valence-corrected chi connectivity index (χ1v) is 7.32. The summed E-state index contributed by atoms with van der Waals surface area (Å²) in [5, 5.41) is 0. The molecule has 1 aliphatic heterocycles. The fraction of sp³-hybridized carbons (Fsp3) is 0.500. The Hall–Kier alpha value is -1.64. The standard InChI is InChI=1S/C16H19N3/c1-2-6-14-13(5-1)17-11-15(18-14)19-10-9-16(12-19)7-3-4-8-16/h1-2,5-6,11H,3-4,7-10,12H2. The lowest BCUT2D eigenvalue weighted by Crippen LogP contribution is -2.25. The second kappa shape index (κ2) is 4.19. The van der Waals surface area contributed by atoms with Crippen LogP contribution in [0.4, 0.5) is 5.82 Å². The highest BCUT2D eigenvalue weighted by molar-refractivity contribution is 5.75. The van der Waals surface area contributed by atoms with Crippen LogP contribution in [-0.4, -0.2) is 23.1 Å². The molecule has 1 aromatic carbocycles. The van der Waals surface area contributed by atoms with Crippen LogP contribution >= 0.6 is 0 Å². The van der Waals surface area contributed by atoms with Gasteiger partial charge in [0.15, 0.2) is 0 Å². The number of hydrogen-bond acceptors (Lipinski definition) is 3. The molecule has 4 rings (SSSR count). The zero-order valence-corrected chi connectivity index (χ0v) is 11.2. The van der Waals surface area contributed by atoms with Crippen molar-refractivity contribution in [3.8, 4) is 0 Å². The van der Waals surface area contributed by atoms with Gasteiger partial charge in [-0.25, -0.2) is 4.98 Å². The minimum atomic E-state index is 0.591. The van der Waals surface area contributed by atoms with E-state index in [0.717, 1.165) is 23.4 Å². The van der Waals surface area contributed by atoms with Crippen molar-refractivity contribution in [2.45, 2.75) is 32.1 Å². The normalized spacial score (nSPS) is 21.6. The van der Waals surface area contributed by atoms with E-state index in [-0.39, 0.29) is 0 Å². The fourth-order valence-corrected chi connectivity index (χ4v) is 3.76. The van der Waals surface area contributed by atoms with Crippen molar-refractivity contribution in [1.29, 1.82) is 0 Å². The molecular weight excluding hydrogens is 234 g/mol. The molecule has 0 unspecified atom stereocenters. The predicted molar refractivity (Wildman–Crippen MR) is 77.3 cm³/mol. The molecule has 2 aliphatic rings. The van der Waals surface area contributed by atoms with E-state index in [4.69, 9.17) is 4.98 Å². The Morgan fingerprint density at radius 1 is 1.00 bits per heavy atom. The Bertz CT molecular complexity index is 602. The summed E-state index contributed by atoms with van der Waals surface area (Å²) >= 11 is 0. The maximum Gasteiger partial charge on any atom is 0.147 e. The Kier molecular flexibility index (Phi) is 2.47. The van der Waals surface area contributed by atoms with Crippen LogP contribution in [-0.2, 0) is 0 Å². The maximum absolute atomic E-state index is 4.78. The van der Waals surface area contributed by atoms with Crippen molar-refractivity contribution < 1.29 is 0 Å². The first kappa shape index (κ1) is 11.2. The lowest BCUT2D eigenvalue weighted by molar-refractivity contribution is 0.340. The van der Waals surface area contributed by atoms with Gasteiger partial charge in [0, 0.05) is 13.1 Å². The van der Waals surface area contributed by atoms with E-state index < -0.39 is 0 Å². The van der Waals surface area contributed by atoms with E-state index in [1.165, 1.54) is 38.6 Å². The third-order valence-corrected chi connectivity index (χ3v) is 4.86. The largest absolute Gasteiger partial charge is 0.355 e. The minimum absolute atomic E-state index is 0.591. The molecule has 2 fully saturated rings. The zero-order chi connectivity index (χ0) is 12.7. The van der Waals surface area contributed by atoms with E-state index in [1.807, 2.05) is 30.5 Å². The fourth-order valence-electron chi connectivity index (χ4n) is 3.76. The van der Waals surface area contributed by atoms with Crippen molar-refractivity contribution in [2.24, 2.45) is 5.41 Å². The highest BCUT2D eigenvalue weighted by Crippen LogP contribution is 2.46. The number of fused-ring (bicyclic) bond motifs is 1. The van der Waals surface area contributed by atoms with Gasteiger partial charge in [-0.2, -0.15) is 0 Å². The van der Waals surface area contributed by atoms with E-state index in [2.05, 4.69) is 9.88 Å². The van der Waals surface area contributed by atoms with Gasteiger partial charge < -0.3 is 4.90 Å². The van der Waals surface area contributed by atoms with Crippen molar-refractivity contribution in [2.75, 3.05) is 18.0 Å². The van der Waals surface area contributed by atoms with Crippen molar-refractivity contribution in [1.82, 2.24) is 9.97 Å². The second-order valence-corrected chi connectivity index (χ2v) is 6.10. The molecule has 98 valence electrons. The molecule has 0 radical (unpaired) electrons. The van der Waals surface area contributed by atoms with Crippen molar-refractivity contribution >= 4 is 16.9 Å². The highest BCUT2D eigenvalue weighted by atomic mass is 15.2. The SMILES string of the molecule is c1ccc2nc(N3CCC4(CCCC4)C3)cnc2c1. The van der Waals surface area contributed by atoms with Gasteiger partial charge in [-0.05, 0) is 36.8 Å². The molecule has 2 aromatic rings. The summed E-state index contributed by atoms with van der Waals surface area (Å²) in [4.78, 5) is 11.7. The highest BCUT2D eigenvalue weighted by Gasteiger charge is 2.40. The molecule has 0 bridgehead atoms. The summed E-state index contributed by atoms with van der Waals surface area (Å²) in [6.07, 6.45) is 8.92. The van der Waals surface area contributed by atoms with Gasteiger partial charge in [0.1, 0.15) is 5.82 Å². The molecule has 1 aromatic heterocycles. The van der Waals surface area contributed by atoms with Gasteiger partial charge in [-0.3, -0.25) is 4.98 Å². The summed E-state index contributed by atoms with van der Waals surface area (Å²) < 4.78 is 0. The molecule has 19 heavy (non-hydrogen) atoms. The van der Waals surface area contributed by atoms with Crippen molar-refractivity contribution in [3.05, 3.63) is 30.5 Å². The Morgan fingerprint density at radius 3 is 2.63 bits per heavy atom. The monoisotopic (exact) mass is 253 g/mol. The number of anilines is 1. The summed E-state index contributed by atoms with van der Waals surface area (Å²) in [5.74, 6) is 1.06. The molecule has 2 heterocycles. The number of benzene rings is 1. The molecule has 0 atom stereocenters. The molecule has 0 N–H and O–H groups in total. The third-order valence-electron chi connectivity index (χ3n) is 4.86. The number of hydrogen-bond donors (Lipinski definition) is 0. The molecule has 0 amide bonds. The van der Waals surface area contributed by atoms with Crippen LogP contribution in [0.25, 0.3) is 11.0 Å². The summed E-state index contributed by atoms with van der Waals surface area (Å²) in [6.45, 7) is 2.33. The Morgan fingerprint density at radius 2 is 1.79 bits per heavy atom. The van der Waals surface area contributed by atoms with E-state index in [0.29, 0.717) is 5.41 Å². The first-order valence-electron chi connectivity index (χ1n) is 7.32. The molecule has 1 spiro atoms. The van der Waals surface area contributed by atoms with Crippen LogP contribution in [0.1, 0.15) is 32.1 Å². The topological polar surface area (TPSA) is 29.0 Å². The number of rotatable bonds is 1. The van der Waals surface area contributed by atoms with E-state index in [1.54, 1.807) is 0 Å². The van der Waals surface area contributed by atoms with E-state index >= 15 is 0 Å². The average molecular weight is 253 g/mol. The Labute approximate surface area is 113 Å². The van der Waals surface area contributed by atoms with Crippen LogP contribution in [0.15, 0.2) is 30.5 Å². The molecular formula is C16H19N3. The lowest BCUT2D eigenvalue weighted by Gasteiger charge is -2.23. The first-order chi connectivity index (χ1) is 9.35. The van der Waals surface area contributed by atoms with Gasteiger partial charge >= 0.3 is 0 Å². The predicted octanol–water partition coefficient (Wildman–Crippen LogP) is 3.40.